The highest BCUT2D eigenvalue weighted by atomic mass is 32.1. The van der Waals surface area contributed by atoms with E-state index in [4.69, 9.17) is 9.47 Å². The molecule has 0 fully saturated rings. The molecular weight excluding hydrogens is 324 g/mol. The molecule has 0 atom stereocenters. The molecular formula is C18H18N2O3S. The van der Waals surface area contributed by atoms with Gasteiger partial charge < -0.3 is 14.8 Å². The lowest BCUT2D eigenvalue weighted by Crippen LogP contribution is -2.14. The fourth-order valence-corrected chi connectivity index (χ4v) is 3.43. The van der Waals surface area contributed by atoms with Crippen LogP contribution in [0.15, 0.2) is 36.4 Å². The topological polar surface area (TPSA) is 60.5 Å². The van der Waals surface area contributed by atoms with Gasteiger partial charge in [0.15, 0.2) is 5.13 Å². The quantitative estimate of drug-likeness (QED) is 0.766. The zero-order valence-corrected chi connectivity index (χ0v) is 14.6. The highest BCUT2D eigenvalue weighted by Crippen LogP contribution is 2.34. The molecule has 124 valence electrons. The Labute approximate surface area is 144 Å². The molecule has 0 aliphatic rings. The highest BCUT2D eigenvalue weighted by molar-refractivity contribution is 7.22. The van der Waals surface area contributed by atoms with Crippen molar-refractivity contribution in [2.24, 2.45) is 0 Å². The number of benzene rings is 2. The number of aryl methyl sites for hydroxylation is 1. The summed E-state index contributed by atoms with van der Waals surface area (Å²) in [6.07, 6.45) is 0.267. The Morgan fingerprint density at radius 3 is 2.79 bits per heavy atom. The van der Waals surface area contributed by atoms with Crippen molar-refractivity contribution in [1.82, 2.24) is 4.98 Å². The molecule has 24 heavy (non-hydrogen) atoms. The van der Waals surface area contributed by atoms with E-state index in [0.717, 1.165) is 27.1 Å². The SMILES string of the molecule is COc1cccc(CC(=O)Nc2nc3c(OC)ccc(C)c3s2)c1. The maximum Gasteiger partial charge on any atom is 0.230 e. The Morgan fingerprint density at radius 2 is 2.04 bits per heavy atom. The molecule has 1 N–H and O–H groups in total. The van der Waals surface area contributed by atoms with Crippen LogP contribution in [-0.2, 0) is 11.2 Å². The predicted octanol–water partition coefficient (Wildman–Crippen LogP) is 3.80. The monoisotopic (exact) mass is 342 g/mol. The van der Waals surface area contributed by atoms with E-state index in [2.05, 4.69) is 10.3 Å². The van der Waals surface area contributed by atoms with Crippen molar-refractivity contribution >= 4 is 32.6 Å². The fourth-order valence-electron chi connectivity index (χ4n) is 2.46. The molecule has 0 spiro atoms. The molecule has 2 aromatic carbocycles. The van der Waals surface area contributed by atoms with Gasteiger partial charge in [-0.1, -0.05) is 29.5 Å². The molecule has 1 amide bonds. The molecule has 3 aromatic rings. The summed E-state index contributed by atoms with van der Waals surface area (Å²) in [5.74, 6) is 1.33. The smallest absolute Gasteiger partial charge is 0.230 e. The Bertz CT molecular complexity index is 889. The molecule has 3 rings (SSSR count). The first-order valence-corrected chi connectivity index (χ1v) is 8.29. The number of methoxy groups -OCH3 is 2. The average Bonchev–Trinajstić information content (AvgIpc) is 2.99. The molecule has 0 aliphatic heterocycles. The molecule has 0 bridgehead atoms. The number of aromatic nitrogens is 1. The first kappa shape index (κ1) is 16.3. The molecule has 0 aliphatic carbocycles. The standard InChI is InChI=1S/C18H18N2O3S/c1-11-7-8-14(23-3)16-17(11)24-18(20-16)19-15(21)10-12-5-4-6-13(9-12)22-2/h4-9H,10H2,1-3H3,(H,19,20,21). The molecule has 0 saturated heterocycles. The lowest BCUT2D eigenvalue weighted by Gasteiger charge is -2.04. The normalized spacial score (nSPS) is 10.6. The summed E-state index contributed by atoms with van der Waals surface area (Å²) in [5.41, 5.74) is 2.78. The zero-order chi connectivity index (χ0) is 17.1. The van der Waals surface area contributed by atoms with Gasteiger partial charge in [0.25, 0.3) is 0 Å². The van der Waals surface area contributed by atoms with E-state index in [0.29, 0.717) is 10.9 Å². The second kappa shape index (κ2) is 6.88. The fraction of sp³-hybridized carbons (Fsp3) is 0.222. The Balaban J connectivity index is 1.79. The van der Waals surface area contributed by atoms with Crippen LogP contribution in [0.25, 0.3) is 10.2 Å². The number of amides is 1. The molecule has 0 unspecified atom stereocenters. The number of ether oxygens (including phenoxy) is 2. The van der Waals surface area contributed by atoms with Gasteiger partial charge in [-0.05, 0) is 36.2 Å². The van der Waals surface area contributed by atoms with Gasteiger partial charge in [-0.3, -0.25) is 4.79 Å². The van der Waals surface area contributed by atoms with E-state index in [1.54, 1.807) is 14.2 Å². The van der Waals surface area contributed by atoms with Crippen LogP contribution in [0.4, 0.5) is 5.13 Å². The average molecular weight is 342 g/mol. The summed E-state index contributed by atoms with van der Waals surface area (Å²) < 4.78 is 11.5. The van der Waals surface area contributed by atoms with Crippen LogP contribution in [0.2, 0.25) is 0 Å². The van der Waals surface area contributed by atoms with Crippen LogP contribution in [0.3, 0.4) is 0 Å². The van der Waals surface area contributed by atoms with Crippen molar-refractivity contribution in [1.29, 1.82) is 0 Å². The first-order valence-electron chi connectivity index (χ1n) is 7.47. The van der Waals surface area contributed by atoms with E-state index < -0.39 is 0 Å². The van der Waals surface area contributed by atoms with Gasteiger partial charge in [-0.15, -0.1) is 0 Å². The molecule has 5 nitrogen and oxygen atoms in total. The molecule has 1 aromatic heterocycles. The second-order valence-corrected chi connectivity index (χ2v) is 6.36. The number of thiazole rings is 1. The van der Waals surface area contributed by atoms with Gasteiger partial charge in [-0.2, -0.15) is 0 Å². The predicted molar refractivity (Wildman–Crippen MR) is 96.2 cm³/mol. The number of anilines is 1. The minimum atomic E-state index is -0.112. The van der Waals surface area contributed by atoms with E-state index in [1.165, 1.54) is 11.3 Å². The molecule has 6 heteroatoms. The second-order valence-electron chi connectivity index (χ2n) is 5.36. The van der Waals surface area contributed by atoms with Crippen LogP contribution in [-0.4, -0.2) is 25.1 Å². The minimum absolute atomic E-state index is 0.112. The number of carbonyl (C=O) groups is 1. The Hall–Kier alpha value is -2.60. The third-order valence-corrected chi connectivity index (χ3v) is 4.77. The minimum Gasteiger partial charge on any atom is -0.497 e. The van der Waals surface area contributed by atoms with Crippen molar-refractivity contribution in [2.45, 2.75) is 13.3 Å². The van der Waals surface area contributed by atoms with Gasteiger partial charge in [0.05, 0.1) is 25.3 Å². The van der Waals surface area contributed by atoms with Crippen molar-refractivity contribution in [3.8, 4) is 11.5 Å². The van der Waals surface area contributed by atoms with Crippen molar-refractivity contribution < 1.29 is 14.3 Å². The number of hydrogen-bond donors (Lipinski definition) is 1. The zero-order valence-electron chi connectivity index (χ0n) is 13.8. The van der Waals surface area contributed by atoms with Crippen molar-refractivity contribution in [2.75, 3.05) is 19.5 Å². The summed E-state index contributed by atoms with van der Waals surface area (Å²) in [5, 5.41) is 3.44. The molecule has 0 radical (unpaired) electrons. The van der Waals surface area contributed by atoms with E-state index in [9.17, 15) is 4.79 Å². The molecule has 1 heterocycles. The third kappa shape index (κ3) is 3.33. The summed E-state index contributed by atoms with van der Waals surface area (Å²) in [7, 11) is 3.22. The lowest BCUT2D eigenvalue weighted by atomic mass is 10.1. The Kier molecular flexibility index (Phi) is 4.66. The highest BCUT2D eigenvalue weighted by Gasteiger charge is 2.13. The van der Waals surface area contributed by atoms with E-state index >= 15 is 0 Å². The summed E-state index contributed by atoms with van der Waals surface area (Å²) in [4.78, 5) is 16.8. The van der Waals surface area contributed by atoms with Crippen LogP contribution in [0, 0.1) is 6.92 Å². The van der Waals surface area contributed by atoms with Crippen molar-refractivity contribution in [3.05, 3.63) is 47.5 Å². The first-order chi connectivity index (χ1) is 11.6. The maximum atomic E-state index is 12.3. The van der Waals surface area contributed by atoms with Crippen LogP contribution in [0.1, 0.15) is 11.1 Å². The number of fused-ring (bicyclic) bond motifs is 1. The van der Waals surface area contributed by atoms with Gasteiger partial charge in [-0.25, -0.2) is 4.98 Å². The van der Waals surface area contributed by atoms with Crippen LogP contribution in [0.5, 0.6) is 11.5 Å². The van der Waals surface area contributed by atoms with Gasteiger partial charge in [0.1, 0.15) is 17.0 Å². The van der Waals surface area contributed by atoms with Crippen molar-refractivity contribution in [3.63, 3.8) is 0 Å². The number of nitrogens with one attached hydrogen (secondary N) is 1. The summed E-state index contributed by atoms with van der Waals surface area (Å²) >= 11 is 1.45. The van der Waals surface area contributed by atoms with Gasteiger partial charge >= 0.3 is 0 Å². The lowest BCUT2D eigenvalue weighted by molar-refractivity contribution is -0.115. The van der Waals surface area contributed by atoms with E-state index in [1.807, 2.05) is 43.3 Å². The van der Waals surface area contributed by atoms with Gasteiger partial charge in [0, 0.05) is 0 Å². The van der Waals surface area contributed by atoms with Crippen LogP contribution < -0.4 is 14.8 Å². The Morgan fingerprint density at radius 1 is 1.21 bits per heavy atom. The number of rotatable bonds is 5. The maximum absolute atomic E-state index is 12.3. The summed E-state index contributed by atoms with van der Waals surface area (Å²) in [6.45, 7) is 2.02. The number of hydrogen-bond acceptors (Lipinski definition) is 5. The number of nitrogens with zero attached hydrogens (tertiary/aromatic N) is 1. The third-order valence-electron chi connectivity index (χ3n) is 3.67. The number of carbonyl (C=O) groups excluding carboxylic acids is 1. The molecule has 0 saturated carbocycles. The van der Waals surface area contributed by atoms with Gasteiger partial charge in [0.2, 0.25) is 5.91 Å². The van der Waals surface area contributed by atoms with E-state index in [-0.39, 0.29) is 12.3 Å². The largest absolute Gasteiger partial charge is 0.497 e. The summed E-state index contributed by atoms with van der Waals surface area (Å²) in [6, 6.07) is 11.3. The van der Waals surface area contributed by atoms with Crippen LogP contribution >= 0.6 is 11.3 Å².